The predicted octanol–water partition coefficient (Wildman–Crippen LogP) is -0.252. The van der Waals surface area contributed by atoms with Crippen LogP contribution >= 0.6 is 0 Å². The molecular weight excluding hydrogens is 188 g/mol. The first kappa shape index (κ1) is 12.9. The summed E-state index contributed by atoms with van der Waals surface area (Å²) in [6.07, 6.45) is 0.885. The summed E-state index contributed by atoms with van der Waals surface area (Å²) in [6, 6.07) is 0.0245. The van der Waals surface area contributed by atoms with E-state index in [9.17, 15) is 8.42 Å². The fourth-order valence-corrected chi connectivity index (χ4v) is 2.12. The van der Waals surface area contributed by atoms with Gasteiger partial charge in [-0.15, -0.1) is 0 Å². The topological polar surface area (TPSA) is 72.2 Å². The Hall–Kier alpha value is -0.130. The second kappa shape index (κ2) is 6.34. The van der Waals surface area contributed by atoms with E-state index in [0.29, 0.717) is 6.54 Å². The van der Waals surface area contributed by atoms with Gasteiger partial charge in [-0.25, -0.2) is 8.42 Å². The van der Waals surface area contributed by atoms with Crippen LogP contribution < -0.4 is 11.1 Å². The first-order chi connectivity index (χ1) is 6.02. The van der Waals surface area contributed by atoms with Gasteiger partial charge in [0.1, 0.15) is 0 Å². The average molecular weight is 208 g/mol. The van der Waals surface area contributed by atoms with Gasteiger partial charge in [0, 0.05) is 11.8 Å². The van der Waals surface area contributed by atoms with Crippen LogP contribution in [0.15, 0.2) is 0 Å². The van der Waals surface area contributed by atoms with Gasteiger partial charge in [-0.3, -0.25) is 0 Å². The fourth-order valence-electron chi connectivity index (χ4n) is 1.01. The van der Waals surface area contributed by atoms with E-state index in [4.69, 9.17) is 5.73 Å². The highest BCUT2D eigenvalue weighted by Gasteiger charge is 2.12. The van der Waals surface area contributed by atoms with Gasteiger partial charge in [-0.2, -0.15) is 0 Å². The second-order valence-electron chi connectivity index (χ2n) is 3.20. The summed E-state index contributed by atoms with van der Waals surface area (Å²) in [5.41, 5.74) is 5.31. The van der Waals surface area contributed by atoms with E-state index < -0.39 is 9.84 Å². The van der Waals surface area contributed by atoms with Crippen molar-refractivity contribution in [1.82, 2.24) is 5.32 Å². The Morgan fingerprint density at radius 1 is 1.46 bits per heavy atom. The van der Waals surface area contributed by atoms with E-state index in [0.717, 1.165) is 13.0 Å². The van der Waals surface area contributed by atoms with E-state index in [1.54, 1.807) is 6.92 Å². The van der Waals surface area contributed by atoms with Crippen LogP contribution in [0, 0.1) is 0 Å². The summed E-state index contributed by atoms with van der Waals surface area (Å²) in [6.45, 7) is 4.98. The van der Waals surface area contributed by atoms with Crippen LogP contribution in [0.25, 0.3) is 0 Å². The molecule has 5 heteroatoms. The third-order valence-corrected chi connectivity index (χ3v) is 3.70. The minimum Gasteiger partial charge on any atom is -0.330 e. The molecule has 0 aliphatic carbocycles. The Labute approximate surface area is 80.8 Å². The van der Waals surface area contributed by atoms with Gasteiger partial charge in [0.25, 0.3) is 0 Å². The maximum Gasteiger partial charge on any atom is 0.151 e. The molecule has 0 amide bonds. The normalized spacial score (nSPS) is 14.4. The van der Waals surface area contributed by atoms with Crippen molar-refractivity contribution in [3.05, 3.63) is 0 Å². The molecular formula is C8H20N2O2S. The summed E-state index contributed by atoms with van der Waals surface area (Å²) in [7, 11) is -2.85. The summed E-state index contributed by atoms with van der Waals surface area (Å²) in [4.78, 5) is 0. The van der Waals surface area contributed by atoms with E-state index in [2.05, 4.69) is 5.32 Å². The first-order valence-corrected chi connectivity index (χ1v) is 6.48. The molecule has 80 valence electrons. The molecule has 4 nitrogen and oxygen atoms in total. The number of nitrogens with one attached hydrogen (secondary N) is 1. The van der Waals surface area contributed by atoms with Crippen molar-refractivity contribution in [2.75, 3.05) is 24.6 Å². The number of hydrogen-bond donors (Lipinski definition) is 2. The highest BCUT2D eigenvalue weighted by Crippen LogP contribution is 1.94. The van der Waals surface area contributed by atoms with Crippen molar-refractivity contribution in [2.45, 2.75) is 26.3 Å². The van der Waals surface area contributed by atoms with Gasteiger partial charge < -0.3 is 11.1 Å². The smallest absolute Gasteiger partial charge is 0.151 e. The largest absolute Gasteiger partial charge is 0.330 e. The Morgan fingerprint density at radius 2 is 2.08 bits per heavy atom. The van der Waals surface area contributed by atoms with E-state index in [1.807, 2.05) is 6.92 Å². The molecule has 0 aliphatic rings. The molecule has 3 N–H and O–H groups in total. The summed E-state index contributed by atoms with van der Waals surface area (Å²) >= 11 is 0. The van der Waals surface area contributed by atoms with Crippen LogP contribution in [0.3, 0.4) is 0 Å². The molecule has 0 heterocycles. The zero-order valence-corrected chi connectivity index (χ0v) is 9.23. The zero-order chi connectivity index (χ0) is 10.3. The zero-order valence-electron chi connectivity index (χ0n) is 8.41. The third-order valence-electron chi connectivity index (χ3n) is 1.82. The Balaban J connectivity index is 3.68. The van der Waals surface area contributed by atoms with Crippen molar-refractivity contribution in [1.29, 1.82) is 0 Å². The molecule has 1 atom stereocenters. The summed E-state index contributed by atoms with van der Waals surface area (Å²) < 4.78 is 22.4. The molecule has 13 heavy (non-hydrogen) atoms. The molecule has 1 unspecified atom stereocenters. The quantitative estimate of drug-likeness (QED) is 0.566. The summed E-state index contributed by atoms with van der Waals surface area (Å²) in [5, 5.41) is 3.11. The monoisotopic (exact) mass is 208 g/mol. The summed E-state index contributed by atoms with van der Waals surface area (Å²) in [5.74, 6) is 0.435. The van der Waals surface area contributed by atoms with Crippen LogP contribution in [0.5, 0.6) is 0 Å². The maximum absolute atomic E-state index is 11.2. The van der Waals surface area contributed by atoms with Crippen LogP contribution in [-0.4, -0.2) is 39.1 Å². The van der Waals surface area contributed by atoms with Crippen molar-refractivity contribution in [3.8, 4) is 0 Å². The molecule has 0 aliphatic heterocycles. The van der Waals surface area contributed by atoms with Crippen LogP contribution in [0.4, 0.5) is 0 Å². The van der Waals surface area contributed by atoms with Crippen molar-refractivity contribution in [3.63, 3.8) is 0 Å². The van der Waals surface area contributed by atoms with Gasteiger partial charge in [0.15, 0.2) is 9.84 Å². The molecule has 0 spiro atoms. The lowest BCUT2D eigenvalue weighted by Gasteiger charge is -2.12. The minimum absolute atomic E-state index is 0.0245. The molecule has 0 radical (unpaired) electrons. The standard InChI is InChI=1S/C8H20N2O2S/c1-3-13(11,12)7-8(2)10-6-4-5-9/h8,10H,3-7,9H2,1-2H3. The van der Waals surface area contributed by atoms with E-state index in [-0.39, 0.29) is 17.5 Å². The van der Waals surface area contributed by atoms with Crippen LogP contribution in [0.1, 0.15) is 20.3 Å². The SMILES string of the molecule is CCS(=O)(=O)CC(C)NCCCN. The molecule has 0 rings (SSSR count). The lowest BCUT2D eigenvalue weighted by Crippen LogP contribution is -2.34. The molecule has 0 aromatic rings. The number of sulfone groups is 1. The van der Waals surface area contributed by atoms with Gasteiger partial charge in [0.05, 0.1) is 5.75 Å². The lowest BCUT2D eigenvalue weighted by atomic mass is 10.3. The Kier molecular flexibility index (Phi) is 6.28. The van der Waals surface area contributed by atoms with E-state index in [1.165, 1.54) is 0 Å². The highest BCUT2D eigenvalue weighted by molar-refractivity contribution is 7.91. The molecule has 0 aromatic carbocycles. The minimum atomic E-state index is -2.85. The maximum atomic E-state index is 11.2. The first-order valence-electron chi connectivity index (χ1n) is 4.65. The molecule has 0 fully saturated rings. The third kappa shape index (κ3) is 6.98. The van der Waals surface area contributed by atoms with Gasteiger partial charge in [0.2, 0.25) is 0 Å². The fraction of sp³-hybridized carbons (Fsp3) is 1.00. The van der Waals surface area contributed by atoms with Gasteiger partial charge in [-0.05, 0) is 26.4 Å². The number of nitrogens with two attached hydrogens (primary N) is 1. The second-order valence-corrected chi connectivity index (χ2v) is 5.59. The number of rotatable bonds is 7. The van der Waals surface area contributed by atoms with Crippen molar-refractivity contribution >= 4 is 9.84 Å². The van der Waals surface area contributed by atoms with Crippen molar-refractivity contribution < 1.29 is 8.42 Å². The van der Waals surface area contributed by atoms with Gasteiger partial charge in [-0.1, -0.05) is 6.92 Å². The Morgan fingerprint density at radius 3 is 2.54 bits per heavy atom. The lowest BCUT2D eigenvalue weighted by molar-refractivity contribution is 0.551. The van der Waals surface area contributed by atoms with Gasteiger partial charge >= 0.3 is 0 Å². The molecule has 0 saturated carbocycles. The predicted molar refractivity (Wildman–Crippen MR) is 55.5 cm³/mol. The Bertz CT molecular complexity index is 214. The van der Waals surface area contributed by atoms with Crippen LogP contribution in [-0.2, 0) is 9.84 Å². The molecule has 0 bridgehead atoms. The van der Waals surface area contributed by atoms with Crippen LogP contribution in [0.2, 0.25) is 0 Å². The molecule has 0 aromatic heterocycles. The average Bonchev–Trinajstić information content (AvgIpc) is 2.04. The highest BCUT2D eigenvalue weighted by atomic mass is 32.2. The number of hydrogen-bond acceptors (Lipinski definition) is 4. The molecule has 0 saturated heterocycles. The van der Waals surface area contributed by atoms with E-state index >= 15 is 0 Å². The van der Waals surface area contributed by atoms with Crippen molar-refractivity contribution in [2.24, 2.45) is 5.73 Å².